The number of aliphatic imine (C=N–C) groups is 1. The van der Waals surface area contributed by atoms with Gasteiger partial charge in [0.05, 0.1) is 30.3 Å². The zero-order chi connectivity index (χ0) is 25.7. The number of amidine groups is 1. The Hall–Kier alpha value is -3.43. The van der Waals surface area contributed by atoms with E-state index in [2.05, 4.69) is 16.4 Å². The Morgan fingerprint density at radius 3 is 2.75 bits per heavy atom. The van der Waals surface area contributed by atoms with Gasteiger partial charge >= 0.3 is 5.97 Å². The topological polar surface area (TPSA) is 93.1 Å². The van der Waals surface area contributed by atoms with Crippen molar-refractivity contribution >= 4 is 28.8 Å². The van der Waals surface area contributed by atoms with Gasteiger partial charge < -0.3 is 19.7 Å². The fourth-order valence-electron chi connectivity index (χ4n) is 4.21. The van der Waals surface area contributed by atoms with Gasteiger partial charge in [0.1, 0.15) is 6.61 Å². The fraction of sp³-hybridized carbons (Fsp3) is 0.333. The van der Waals surface area contributed by atoms with E-state index in [1.165, 1.54) is 11.8 Å². The molecule has 0 unspecified atom stereocenters. The number of esters is 1. The highest BCUT2D eigenvalue weighted by molar-refractivity contribution is 8.16. The van der Waals surface area contributed by atoms with Gasteiger partial charge in [0, 0.05) is 31.7 Å². The number of rotatable bonds is 9. The van der Waals surface area contributed by atoms with Gasteiger partial charge in [0.15, 0.2) is 5.17 Å². The van der Waals surface area contributed by atoms with E-state index < -0.39 is 12.0 Å². The second-order valence-corrected chi connectivity index (χ2v) is 9.53. The quantitative estimate of drug-likeness (QED) is 0.403. The highest BCUT2D eigenvalue weighted by atomic mass is 32.2. The van der Waals surface area contributed by atoms with Crippen LogP contribution in [0.25, 0.3) is 0 Å². The number of thioether (sulfide) groups is 1. The molecule has 0 saturated carbocycles. The number of pyridine rings is 1. The number of hydrogen-bond donors (Lipinski definition) is 1. The number of ether oxygens (including phenoxy) is 2. The summed E-state index contributed by atoms with van der Waals surface area (Å²) in [6.45, 7) is 6.73. The standard InChI is InChI=1S/C27H30N4O4S/c1-17-7-8-18(2)22(12-17)25-24(26(33)35-11-10-34-4)19(3)30-27-31(25)21(16-36-27)13-23(32)29-15-20-6-5-9-28-14-20/h5-9,12,14,16,25H,10-11,13,15H2,1-4H3,(H,29,32)/t25-/m0/s1. The summed E-state index contributed by atoms with van der Waals surface area (Å²) in [7, 11) is 1.56. The largest absolute Gasteiger partial charge is 0.460 e. The molecule has 9 heteroatoms. The maximum Gasteiger partial charge on any atom is 0.338 e. The smallest absolute Gasteiger partial charge is 0.338 e. The number of nitrogens with one attached hydrogen (secondary N) is 1. The number of aryl methyl sites for hydroxylation is 2. The van der Waals surface area contributed by atoms with Crippen LogP contribution in [0.2, 0.25) is 0 Å². The molecular weight excluding hydrogens is 476 g/mol. The maximum atomic E-state index is 13.3. The van der Waals surface area contributed by atoms with Gasteiger partial charge in [-0.2, -0.15) is 0 Å². The molecular formula is C27H30N4O4S. The summed E-state index contributed by atoms with van der Waals surface area (Å²) in [5.41, 5.74) is 5.88. The zero-order valence-corrected chi connectivity index (χ0v) is 21.7. The summed E-state index contributed by atoms with van der Waals surface area (Å²) in [6, 6.07) is 9.48. The molecule has 0 radical (unpaired) electrons. The predicted molar refractivity (Wildman–Crippen MR) is 140 cm³/mol. The summed E-state index contributed by atoms with van der Waals surface area (Å²) >= 11 is 1.46. The molecule has 188 valence electrons. The number of carbonyl (C=O) groups is 2. The van der Waals surface area contributed by atoms with Gasteiger partial charge in [-0.05, 0) is 48.9 Å². The fourth-order valence-corrected chi connectivity index (χ4v) is 5.17. The molecule has 1 amide bonds. The molecule has 2 aromatic rings. The van der Waals surface area contributed by atoms with Gasteiger partial charge in [-0.25, -0.2) is 9.79 Å². The van der Waals surface area contributed by atoms with Crippen molar-refractivity contribution in [3.8, 4) is 0 Å². The monoisotopic (exact) mass is 506 g/mol. The third kappa shape index (κ3) is 5.68. The molecule has 8 nitrogen and oxygen atoms in total. The third-order valence-electron chi connectivity index (χ3n) is 6.02. The minimum Gasteiger partial charge on any atom is -0.460 e. The van der Waals surface area contributed by atoms with Crippen molar-refractivity contribution in [2.45, 2.75) is 39.8 Å². The normalized spacial score (nSPS) is 16.9. The van der Waals surface area contributed by atoms with Crippen LogP contribution in [0, 0.1) is 13.8 Å². The van der Waals surface area contributed by atoms with Crippen LogP contribution < -0.4 is 5.32 Å². The van der Waals surface area contributed by atoms with E-state index in [1.54, 1.807) is 19.5 Å². The first-order valence-electron chi connectivity index (χ1n) is 11.7. The van der Waals surface area contributed by atoms with Crippen molar-refractivity contribution in [1.29, 1.82) is 0 Å². The number of nitrogens with zero attached hydrogens (tertiary/aromatic N) is 3. The summed E-state index contributed by atoms with van der Waals surface area (Å²) in [5.74, 6) is -0.558. The van der Waals surface area contributed by atoms with E-state index >= 15 is 0 Å². The highest BCUT2D eigenvalue weighted by Gasteiger charge is 2.41. The summed E-state index contributed by atoms with van der Waals surface area (Å²) in [4.78, 5) is 37.0. The first kappa shape index (κ1) is 25.7. The van der Waals surface area contributed by atoms with Gasteiger partial charge in [-0.15, -0.1) is 0 Å². The van der Waals surface area contributed by atoms with Crippen LogP contribution in [0.5, 0.6) is 0 Å². The van der Waals surface area contributed by atoms with E-state index in [4.69, 9.17) is 14.5 Å². The summed E-state index contributed by atoms with van der Waals surface area (Å²) < 4.78 is 10.6. The minimum atomic E-state index is -0.459. The van der Waals surface area contributed by atoms with Crippen molar-refractivity contribution < 1.29 is 19.1 Å². The van der Waals surface area contributed by atoms with E-state index in [1.807, 2.05) is 55.3 Å². The SMILES string of the molecule is COCCOC(=O)C1=C(C)N=C2SC=C(CC(=O)NCc3cccnc3)N2[C@H]1c1cc(C)ccc1C. The molecule has 1 N–H and O–H groups in total. The molecule has 36 heavy (non-hydrogen) atoms. The van der Waals surface area contributed by atoms with Crippen molar-refractivity contribution in [3.63, 3.8) is 0 Å². The number of benzene rings is 1. The number of aromatic nitrogens is 1. The van der Waals surface area contributed by atoms with Gasteiger partial charge in [0.25, 0.3) is 0 Å². The van der Waals surface area contributed by atoms with Crippen LogP contribution in [-0.2, 0) is 25.6 Å². The number of hydrogen-bond acceptors (Lipinski definition) is 8. The van der Waals surface area contributed by atoms with Crippen LogP contribution in [0.15, 0.2) is 70.1 Å². The average molecular weight is 507 g/mol. The summed E-state index contributed by atoms with van der Waals surface area (Å²) in [5, 5.41) is 5.64. The Labute approximate surface area is 215 Å². The van der Waals surface area contributed by atoms with Crippen molar-refractivity contribution in [3.05, 3.63) is 87.4 Å². The van der Waals surface area contributed by atoms with E-state index in [0.717, 1.165) is 33.1 Å². The van der Waals surface area contributed by atoms with Crippen LogP contribution in [0.3, 0.4) is 0 Å². The second kappa shape index (κ2) is 11.5. The Morgan fingerprint density at radius 1 is 1.17 bits per heavy atom. The predicted octanol–water partition coefficient (Wildman–Crippen LogP) is 4.17. The second-order valence-electron chi connectivity index (χ2n) is 8.70. The van der Waals surface area contributed by atoms with Crippen LogP contribution >= 0.6 is 11.8 Å². The lowest BCUT2D eigenvalue weighted by molar-refractivity contribution is -0.141. The molecule has 1 atom stereocenters. The molecule has 3 heterocycles. The lowest BCUT2D eigenvalue weighted by Crippen LogP contribution is -2.38. The van der Waals surface area contributed by atoms with Crippen LogP contribution in [0.4, 0.5) is 0 Å². The van der Waals surface area contributed by atoms with Crippen LogP contribution in [-0.4, -0.2) is 47.3 Å². The number of carbonyl (C=O) groups excluding carboxylic acids is 2. The van der Waals surface area contributed by atoms with Gasteiger partial charge in [-0.3, -0.25) is 9.78 Å². The molecule has 0 bridgehead atoms. The molecule has 1 aromatic heterocycles. The minimum absolute atomic E-state index is 0.123. The molecule has 2 aliphatic heterocycles. The van der Waals surface area contributed by atoms with Crippen LogP contribution in [0.1, 0.15) is 41.6 Å². The number of amides is 1. The average Bonchev–Trinajstić information content (AvgIpc) is 3.26. The van der Waals surface area contributed by atoms with E-state index in [0.29, 0.717) is 24.4 Å². The lowest BCUT2D eigenvalue weighted by atomic mass is 9.90. The highest BCUT2D eigenvalue weighted by Crippen LogP contribution is 2.45. The van der Waals surface area contributed by atoms with Crippen molar-refractivity contribution in [2.24, 2.45) is 4.99 Å². The molecule has 0 aliphatic carbocycles. The van der Waals surface area contributed by atoms with Crippen molar-refractivity contribution in [1.82, 2.24) is 15.2 Å². The van der Waals surface area contributed by atoms with E-state index in [-0.39, 0.29) is 18.9 Å². The molecule has 0 saturated heterocycles. The first-order valence-corrected chi connectivity index (χ1v) is 12.6. The molecule has 4 rings (SSSR count). The van der Waals surface area contributed by atoms with E-state index in [9.17, 15) is 9.59 Å². The Kier molecular flexibility index (Phi) is 8.22. The Morgan fingerprint density at radius 2 is 2.00 bits per heavy atom. The number of allylic oxidation sites excluding steroid dienone is 1. The van der Waals surface area contributed by atoms with Gasteiger partial charge in [-0.1, -0.05) is 41.6 Å². The molecule has 1 aromatic carbocycles. The molecule has 0 fully saturated rings. The molecule has 0 spiro atoms. The first-order chi connectivity index (χ1) is 17.4. The van der Waals surface area contributed by atoms with Gasteiger partial charge in [0.2, 0.25) is 5.91 Å². The third-order valence-corrected chi connectivity index (χ3v) is 6.91. The van der Waals surface area contributed by atoms with Crippen molar-refractivity contribution in [2.75, 3.05) is 20.3 Å². The molecule has 2 aliphatic rings. The Bertz CT molecular complexity index is 1240. The Balaban J connectivity index is 1.63. The number of fused-ring (bicyclic) bond motifs is 1. The zero-order valence-electron chi connectivity index (χ0n) is 20.9. The summed E-state index contributed by atoms with van der Waals surface area (Å²) in [6.07, 6.45) is 3.58. The number of methoxy groups -OCH3 is 1. The lowest BCUT2D eigenvalue weighted by Gasteiger charge is -2.37. The maximum absolute atomic E-state index is 13.3.